The Kier molecular flexibility index (Phi) is 3.63. The molecule has 0 unspecified atom stereocenters. The second kappa shape index (κ2) is 6.09. The average Bonchev–Trinajstić information content (AvgIpc) is 3.02. The van der Waals surface area contributed by atoms with Crippen molar-refractivity contribution in [2.75, 3.05) is 5.32 Å². The van der Waals surface area contributed by atoms with E-state index in [1.165, 1.54) is 0 Å². The van der Waals surface area contributed by atoms with Crippen LogP contribution in [0.4, 0.5) is 5.69 Å². The van der Waals surface area contributed by atoms with Crippen LogP contribution in [0.2, 0.25) is 0 Å². The second-order valence-corrected chi connectivity index (χ2v) is 5.62. The van der Waals surface area contributed by atoms with Crippen LogP contribution in [0.1, 0.15) is 10.4 Å². The Morgan fingerprint density at radius 2 is 1.68 bits per heavy atom. The van der Waals surface area contributed by atoms with Gasteiger partial charge in [0.05, 0.1) is 22.9 Å². The minimum absolute atomic E-state index is 0.190. The van der Waals surface area contributed by atoms with Gasteiger partial charge >= 0.3 is 5.69 Å². The molecule has 2 aromatic heterocycles. The molecule has 0 aliphatic heterocycles. The highest BCUT2D eigenvalue weighted by molar-refractivity contribution is 6.04. The number of anilines is 1. The monoisotopic (exact) mass is 330 g/mol. The van der Waals surface area contributed by atoms with E-state index in [0.717, 1.165) is 22.2 Å². The van der Waals surface area contributed by atoms with Gasteiger partial charge < -0.3 is 15.3 Å². The van der Waals surface area contributed by atoms with E-state index in [1.807, 2.05) is 42.5 Å². The van der Waals surface area contributed by atoms with Crippen molar-refractivity contribution >= 4 is 22.6 Å². The molecule has 4 rings (SSSR count). The highest BCUT2D eigenvalue weighted by atomic mass is 16.1. The van der Waals surface area contributed by atoms with E-state index in [2.05, 4.69) is 20.3 Å². The van der Waals surface area contributed by atoms with Crippen molar-refractivity contribution in [1.29, 1.82) is 0 Å². The van der Waals surface area contributed by atoms with Crippen LogP contribution in [0, 0.1) is 0 Å². The third-order valence-corrected chi connectivity index (χ3v) is 3.88. The molecule has 2 heterocycles. The van der Waals surface area contributed by atoms with Gasteiger partial charge in [0.1, 0.15) is 0 Å². The molecule has 0 bridgehead atoms. The Balaban J connectivity index is 1.64. The van der Waals surface area contributed by atoms with Crippen molar-refractivity contribution in [1.82, 2.24) is 15.0 Å². The Labute approximate surface area is 142 Å². The first-order valence-corrected chi connectivity index (χ1v) is 7.73. The minimum atomic E-state index is -0.242. The van der Waals surface area contributed by atoms with Gasteiger partial charge in [-0.2, -0.15) is 0 Å². The zero-order valence-electron chi connectivity index (χ0n) is 13.1. The number of hydrogen-bond donors (Lipinski definition) is 3. The first-order chi connectivity index (χ1) is 12.2. The lowest BCUT2D eigenvalue weighted by atomic mass is 10.1. The van der Waals surface area contributed by atoms with Gasteiger partial charge in [0.2, 0.25) is 0 Å². The molecule has 2 aromatic carbocycles. The Morgan fingerprint density at radius 1 is 0.880 bits per heavy atom. The van der Waals surface area contributed by atoms with Crippen molar-refractivity contribution in [2.24, 2.45) is 0 Å². The molecular weight excluding hydrogens is 316 g/mol. The number of imidazole rings is 1. The molecule has 0 saturated carbocycles. The summed E-state index contributed by atoms with van der Waals surface area (Å²) in [4.78, 5) is 33.3. The topological polar surface area (TPSA) is 90.6 Å². The molecule has 25 heavy (non-hydrogen) atoms. The molecule has 6 heteroatoms. The van der Waals surface area contributed by atoms with Gasteiger partial charge in [0.25, 0.3) is 5.91 Å². The van der Waals surface area contributed by atoms with Gasteiger partial charge in [-0.05, 0) is 35.9 Å². The van der Waals surface area contributed by atoms with Crippen molar-refractivity contribution in [3.63, 3.8) is 0 Å². The normalized spacial score (nSPS) is 10.7. The first kappa shape index (κ1) is 14.9. The van der Waals surface area contributed by atoms with Crippen LogP contribution in [-0.2, 0) is 0 Å². The molecule has 122 valence electrons. The van der Waals surface area contributed by atoms with Crippen LogP contribution >= 0.6 is 0 Å². The van der Waals surface area contributed by atoms with E-state index in [-0.39, 0.29) is 11.6 Å². The Hall–Kier alpha value is -3.67. The van der Waals surface area contributed by atoms with Crippen LogP contribution in [0.5, 0.6) is 0 Å². The number of H-pyrrole nitrogens is 2. The number of nitrogens with zero attached hydrogens (tertiary/aromatic N) is 1. The number of amides is 1. The molecule has 0 radical (unpaired) electrons. The number of pyridine rings is 1. The summed E-state index contributed by atoms with van der Waals surface area (Å²) in [6, 6.07) is 16.4. The molecule has 1 amide bonds. The standard InChI is InChI=1S/C19H14N4O2/c24-18(12-4-2-1-3-5-12)21-15-8-14(10-20-11-15)13-6-7-16-17(9-13)23-19(25)22-16/h1-11H,(H,21,24)(H2,22,23,25). The van der Waals surface area contributed by atoms with E-state index in [9.17, 15) is 9.59 Å². The largest absolute Gasteiger partial charge is 0.323 e. The molecule has 3 N–H and O–H groups in total. The zero-order chi connectivity index (χ0) is 17.2. The fraction of sp³-hybridized carbons (Fsp3) is 0. The summed E-state index contributed by atoms with van der Waals surface area (Å²) in [7, 11) is 0. The molecule has 0 atom stereocenters. The maximum atomic E-state index is 12.3. The maximum Gasteiger partial charge on any atom is 0.323 e. The minimum Gasteiger partial charge on any atom is -0.321 e. The summed E-state index contributed by atoms with van der Waals surface area (Å²) in [5, 5.41) is 2.84. The molecule has 0 spiro atoms. The zero-order valence-corrected chi connectivity index (χ0v) is 13.1. The molecule has 4 aromatic rings. The summed E-state index contributed by atoms with van der Waals surface area (Å²) in [6.07, 6.45) is 3.31. The predicted molar refractivity (Wildman–Crippen MR) is 96.5 cm³/mol. The van der Waals surface area contributed by atoms with Crippen molar-refractivity contribution in [2.45, 2.75) is 0 Å². The van der Waals surface area contributed by atoms with E-state index in [1.54, 1.807) is 24.5 Å². The number of fused-ring (bicyclic) bond motifs is 1. The third-order valence-electron chi connectivity index (χ3n) is 3.88. The highest BCUT2D eigenvalue weighted by Crippen LogP contribution is 2.24. The summed E-state index contributed by atoms with van der Waals surface area (Å²) in [6.45, 7) is 0. The molecule has 6 nitrogen and oxygen atoms in total. The van der Waals surface area contributed by atoms with Gasteiger partial charge in [-0.15, -0.1) is 0 Å². The fourth-order valence-corrected chi connectivity index (χ4v) is 2.67. The summed E-state index contributed by atoms with van der Waals surface area (Å²) >= 11 is 0. The van der Waals surface area contributed by atoms with E-state index in [0.29, 0.717) is 11.3 Å². The predicted octanol–water partition coefficient (Wildman–Crippen LogP) is 3.17. The first-order valence-electron chi connectivity index (χ1n) is 7.73. The second-order valence-electron chi connectivity index (χ2n) is 5.62. The smallest absolute Gasteiger partial charge is 0.321 e. The van der Waals surface area contributed by atoms with Crippen molar-refractivity contribution < 1.29 is 4.79 Å². The number of carbonyl (C=O) groups is 1. The summed E-state index contributed by atoms with van der Waals surface area (Å²) in [5.41, 5.74) is 4.15. The average molecular weight is 330 g/mol. The number of aromatic nitrogens is 3. The van der Waals surface area contributed by atoms with Crippen LogP contribution in [-0.4, -0.2) is 20.9 Å². The summed E-state index contributed by atoms with van der Waals surface area (Å²) < 4.78 is 0. The SMILES string of the molecule is O=C(Nc1cncc(-c2ccc3[nH]c(=O)[nH]c3c2)c1)c1ccccc1. The molecule has 0 fully saturated rings. The fourth-order valence-electron chi connectivity index (χ4n) is 2.67. The van der Waals surface area contributed by atoms with Crippen LogP contribution in [0.15, 0.2) is 71.8 Å². The Morgan fingerprint density at radius 3 is 2.52 bits per heavy atom. The van der Waals surface area contributed by atoms with Crippen LogP contribution in [0.25, 0.3) is 22.2 Å². The van der Waals surface area contributed by atoms with Crippen molar-refractivity contribution in [3.05, 3.63) is 83.0 Å². The Bertz CT molecular complexity index is 1110. The van der Waals surface area contributed by atoms with E-state index in [4.69, 9.17) is 0 Å². The van der Waals surface area contributed by atoms with E-state index >= 15 is 0 Å². The number of carbonyl (C=O) groups excluding carboxylic acids is 1. The number of nitrogens with one attached hydrogen (secondary N) is 3. The number of rotatable bonds is 3. The molecular formula is C19H14N4O2. The lowest BCUT2D eigenvalue weighted by Crippen LogP contribution is -2.11. The molecule has 0 saturated heterocycles. The van der Waals surface area contributed by atoms with Gasteiger partial charge in [0, 0.05) is 17.3 Å². The lowest BCUT2D eigenvalue weighted by Gasteiger charge is -2.07. The lowest BCUT2D eigenvalue weighted by molar-refractivity contribution is 0.102. The molecule has 0 aliphatic carbocycles. The van der Waals surface area contributed by atoms with Crippen LogP contribution in [0.3, 0.4) is 0 Å². The van der Waals surface area contributed by atoms with Gasteiger partial charge in [0.15, 0.2) is 0 Å². The van der Waals surface area contributed by atoms with Crippen molar-refractivity contribution in [3.8, 4) is 11.1 Å². The number of hydrogen-bond acceptors (Lipinski definition) is 3. The number of benzene rings is 2. The molecule has 0 aliphatic rings. The third kappa shape index (κ3) is 3.05. The summed E-state index contributed by atoms with van der Waals surface area (Å²) in [5.74, 6) is -0.190. The van der Waals surface area contributed by atoms with Gasteiger partial charge in [-0.1, -0.05) is 24.3 Å². The maximum absolute atomic E-state index is 12.3. The van der Waals surface area contributed by atoms with Gasteiger partial charge in [-0.3, -0.25) is 9.78 Å². The quantitative estimate of drug-likeness (QED) is 0.539. The van der Waals surface area contributed by atoms with E-state index < -0.39 is 0 Å². The number of aromatic amines is 2. The van der Waals surface area contributed by atoms with Gasteiger partial charge in [-0.25, -0.2) is 4.79 Å². The highest BCUT2D eigenvalue weighted by Gasteiger charge is 2.07. The van der Waals surface area contributed by atoms with Crippen LogP contribution < -0.4 is 11.0 Å².